The molecule has 0 radical (unpaired) electrons. The van der Waals surface area contributed by atoms with Gasteiger partial charge >= 0.3 is 0 Å². The van der Waals surface area contributed by atoms with Gasteiger partial charge in [0.2, 0.25) is 0 Å². The van der Waals surface area contributed by atoms with Crippen molar-refractivity contribution in [2.75, 3.05) is 5.32 Å². The molecule has 0 aliphatic rings. The minimum absolute atomic E-state index is 0.0109. The fourth-order valence-electron chi connectivity index (χ4n) is 1.50. The Kier molecular flexibility index (Phi) is 3.72. The van der Waals surface area contributed by atoms with E-state index in [0.29, 0.717) is 5.69 Å². The molecule has 0 fully saturated rings. The van der Waals surface area contributed by atoms with Crippen molar-refractivity contribution in [3.8, 4) is 0 Å². The van der Waals surface area contributed by atoms with Crippen LogP contribution in [0.5, 0.6) is 0 Å². The van der Waals surface area contributed by atoms with E-state index >= 15 is 0 Å². The molecular formula is C12H10ClF2N3. The molecule has 18 heavy (non-hydrogen) atoms. The van der Waals surface area contributed by atoms with Crippen molar-refractivity contribution < 1.29 is 8.78 Å². The third-order valence-corrected chi connectivity index (χ3v) is 2.69. The van der Waals surface area contributed by atoms with Crippen LogP contribution in [0.4, 0.5) is 14.5 Å². The molecule has 0 spiro atoms. The van der Waals surface area contributed by atoms with Crippen LogP contribution < -0.4 is 5.32 Å². The van der Waals surface area contributed by atoms with E-state index in [1.165, 1.54) is 6.20 Å². The van der Waals surface area contributed by atoms with Crippen LogP contribution in [-0.4, -0.2) is 9.97 Å². The zero-order chi connectivity index (χ0) is 13.1. The number of nitrogens with one attached hydrogen (secondary N) is 1. The van der Waals surface area contributed by atoms with Crippen LogP contribution in [0.15, 0.2) is 30.7 Å². The summed E-state index contributed by atoms with van der Waals surface area (Å²) in [6.45, 7) is 1.78. The Bertz CT molecular complexity index is 525. The van der Waals surface area contributed by atoms with E-state index in [9.17, 15) is 8.78 Å². The predicted octanol–water partition coefficient (Wildman–Crippen LogP) is 3.58. The highest BCUT2D eigenvalue weighted by atomic mass is 35.5. The molecular weight excluding hydrogens is 260 g/mol. The highest BCUT2D eigenvalue weighted by molar-refractivity contribution is 6.33. The summed E-state index contributed by atoms with van der Waals surface area (Å²) in [6.07, 6.45) is 4.64. The highest BCUT2D eigenvalue weighted by Gasteiger charge is 2.14. The second kappa shape index (κ2) is 5.27. The zero-order valence-corrected chi connectivity index (χ0v) is 10.2. The monoisotopic (exact) mass is 269 g/mol. The second-order valence-corrected chi connectivity index (χ2v) is 4.15. The fourth-order valence-corrected chi connectivity index (χ4v) is 1.75. The van der Waals surface area contributed by atoms with Crippen molar-refractivity contribution in [2.45, 2.75) is 13.0 Å². The Morgan fingerprint density at radius 3 is 2.67 bits per heavy atom. The summed E-state index contributed by atoms with van der Waals surface area (Å²) >= 11 is 5.79. The van der Waals surface area contributed by atoms with E-state index in [1.807, 2.05) is 0 Å². The third-order valence-electron chi connectivity index (χ3n) is 2.39. The SMILES string of the molecule is CC(Nc1c(F)cc(F)cc1Cl)c1cnccn1. The maximum atomic E-state index is 13.6. The number of aromatic nitrogens is 2. The van der Waals surface area contributed by atoms with Crippen LogP contribution >= 0.6 is 11.6 Å². The average molecular weight is 270 g/mol. The number of hydrogen-bond acceptors (Lipinski definition) is 3. The quantitative estimate of drug-likeness (QED) is 0.925. The average Bonchev–Trinajstić information content (AvgIpc) is 2.34. The van der Waals surface area contributed by atoms with Gasteiger partial charge in [-0.25, -0.2) is 8.78 Å². The number of rotatable bonds is 3. The van der Waals surface area contributed by atoms with E-state index in [1.54, 1.807) is 19.3 Å². The molecule has 1 unspecified atom stereocenters. The van der Waals surface area contributed by atoms with Crippen LogP contribution in [0.25, 0.3) is 0 Å². The Morgan fingerprint density at radius 1 is 1.28 bits per heavy atom. The third kappa shape index (κ3) is 2.73. The van der Waals surface area contributed by atoms with Gasteiger partial charge in [-0.2, -0.15) is 0 Å². The molecule has 1 N–H and O–H groups in total. The van der Waals surface area contributed by atoms with Crippen LogP contribution in [-0.2, 0) is 0 Å². The topological polar surface area (TPSA) is 37.8 Å². The maximum Gasteiger partial charge on any atom is 0.150 e. The van der Waals surface area contributed by atoms with E-state index in [0.717, 1.165) is 12.1 Å². The number of anilines is 1. The number of benzene rings is 1. The normalized spacial score (nSPS) is 12.2. The van der Waals surface area contributed by atoms with E-state index in [-0.39, 0.29) is 16.8 Å². The first-order chi connectivity index (χ1) is 8.58. The van der Waals surface area contributed by atoms with Gasteiger partial charge in [-0.3, -0.25) is 9.97 Å². The van der Waals surface area contributed by atoms with Crippen LogP contribution in [0.3, 0.4) is 0 Å². The summed E-state index contributed by atoms with van der Waals surface area (Å²) < 4.78 is 26.5. The lowest BCUT2D eigenvalue weighted by atomic mass is 10.2. The van der Waals surface area contributed by atoms with E-state index in [2.05, 4.69) is 15.3 Å². The predicted molar refractivity (Wildman–Crippen MR) is 65.4 cm³/mol. The Labute approximate surface area is 108 Å². The zero-order valence-electron chi connectivity index (χ0n) is 9.49. The molecule has 0 saturated carbocycles. The molecule has 0 saturated heterocycles. The van der Waals surface area contributed by atoms with Gasteiger partial charge in [-0.1, -0.05) is 11.6 Å². The highest BCUT2D eigenvalue weighted by Crippen LogP contribution is 2.29. The molecule has 94 valence electrons. The largest absolute Gasteiger partial charge is 0.373 e. The fraction of sp³-hybridized carbons (Fsp3) is 0.167. The van der Waals surface area contributed by atoms with Gasteiger partial charge in [-0.05, 0) is 13.0 Å². The molecule has 6 heteroatoms. The standard InChI is InChI=1S/C12H10ClF2N3/c1-7(11-6-16-2-3-17-11)18-12-9(13)4-8(14)5-10(12)15/h2-7,18H,1H3. The summed E-state index contributed by atoms with van der Waals surface area (Å²) in [4.78, 5) is 8.00. The van der Waals surface area contributed by atoms with Crippen molar-refractivity contribution in [3.63, 3.8) is 0 Å². The summed E-state index contributed by atoms with van der Waals surface area (Å²) in [6, 6.07) is 1.53. The molecule has 2 rings (SSSR count). The van der Waals surface area contributed by atoms with Crippen molar-refractivity contribution in [1.82, 2.24) is 9.97 Å². The first-order valence-electron chi connectivity index (χ1n) is 5.25. The van der Waals surface area contributed by atoms with Crippen LogP contribution in [0.2, 0.25) is 5.02 Å². The molecule has 0 bridgehead atoms. The summed E-state index contributed by atoms with van der Waals surface area (Å²) in [5, 5.41) is 2.83. The van der Waals surface area contributed by atoms with Gasteiger partial charge in [0, 0.05) is 18.5 Å². The molecule has 1 aromatic heterocycles. The van der Waals surface area contributed by atoms with E-state index < -0.39 is 11.6 Å². The minimum atomic E-state index is -0.740. The van der Waals surface area contributed by atoms with Gasteiger partial charge < -0.3 is 5.32 Å². The van der Waals surface area contributed by atoms with Gasteiger partial charge in [0.25, 0.3) is 0 Å². The first kappa shape index (κ1) is 12.7. The van der Waals surface area contributed by atoms with Crippen molar-refractivity contribution in [1.29, 1.82) is 0 Å². The molecule has 0 aliphatic heterocycles. The smallest absolute Gasteiger partial charge is 0.150 e. The summed E-state index contributed by atoms with van der Waals surface area (Å²) in [5.41, 5.74) is 0.688. The lowest BCUT2D eigenvalue weighted by Crippen LogP contribution is -2.10. The lowest BCUT2D eigenvalue weighted by molar-refractivity contribution is 0.583. The molecule has 1 heterocycles. The van der Waals surface area contributed by atoms with Gasteiger partial charge in [0.1, 0.15) is 5.82 Å². The number of halogens is 3. The number of nitrogens with zero attached hydrogens (tertiary/aromatic N) is 2. The minimum Gasteiger partial charge on any atom is -0.373 e. The molecule has 3 nitrogen and oxygen atoms in total. The Hall–Kier alpha value is -1.75. The molecule has 1 atom stereocenters. The van der Waals surface area contributed by atoms with Crippen LogP contribution in [0, 0.1) is 11.6 Å². The van der Waals surface area contributed by atoms with Crippen molar-refractivity contribution in [3.05, 3.63) is 53.1 Å². The van der Waals surface area contributed by atoms with Crippen LogP contribution in [0.1, 0.15) is 18.7 Å². The number of hydrogen-bond donors (Lipinski definition) is 1. The maximum absolute atomic E-state index is 13.6. The molecule has 2 aromatic rings. The summed E-state index contributed by atoms with van der Waals surface area (Å²) in [5.74, 6) is -1.45. The van der Waals surface area contributed by atoms with Crippen molar-refractivity contribution >= 4 is 17.3 Å². The summed E-state index contributed by atoms with van der Waals surface area (Å²) in [7, 11) is 0. The van der Waals surface area contributed by atoms with Gasteiger partial charge in [0.05, 0.1) is 28.6 Å². The molecule has 0 aliphatic carbocycles. The molecule has 1 aromatic carbocycles. The Morgan fingerprint density at radius 2 is 2.06 bits per heavy atom. The second-order valence-electron chi connectivity index (χ2n) is 3.74. The van der Waals surface area contributed by atoms with Gasteiger partial charge in [-0.15, -0.1) is 0 Å². The first-order valence-corrected chi connectivity index (χ1v) is 5.62. The Balaban J connectivity index is 2.25. The van der Waals surface area contributed by atoms with Gasteiger partial charge in [0.15, 0.2) is 5.82 Å². The van der Waals surface area contributed by atoms with E-state index in [4.69, 9.17) is 11.6 Å². The van der Waals surface area contributed by atoms with Crippen molar-refractivity contribution in [2.24, 2.45) is 0 Å². The molecule has 0 amide bonds. The lowest BCUT2D eigenvalue weighted by Gasteiger charge is -2.16.